The summed E-state index contributed by atoms with van der Waals surface area (Å²) >= 11 is 0. The molecule has 0 amide bonds. The van der Waals surface area contributed by atoms with E-state index >= 15 is 0 Å². The number of hydrogen-bond donors (Lipinski definition) is 0. The van der Waals surface area contributed by atoms with Crippen LogP contribution in [0.1, 0.15) is 11.1 Å². The van der Waals surface area contributed by atoms with Crippen molar-refractivity contribution in [3.63, 3.8) is 0 Å². The van der Waals surface area contributed by atoms with E-state index in [-0.39, 0.29) is 0 Å². The number of para-hydroxylation sites is 2. The number of rotatable bonds is 3. The summed E-state index contributed by atoms with van der Waals surface area (Å²) in [5.74, 6) is 0. The number of nitrogens with zero attached hydrogens (tertiary/aromatic N) is 2. The molecule has 2 heteroatoms. The van der Waals surface area contributed by atoms with Crippen molar-refractivity contribution in [1.29, 1.82) is 0 Å². The van der Waals surface area contributed by atoms with Crippen LogP contribution in [0.3, 0.4) is 0 Å². The zero-order chi connectivity index (χ0) is 32.1. The third kappa shape index (κ3) is 3.77. The molecule has 0 spiro atoms. The van der Waals surface area contributed by atoms with E-state index in [1.165, 1.54) is 99.1 Å². The molecule has 0 aliphatic heterocycles. The number of aromatic nitrogens is 2. The van der Waals surface area contributed by atoms with Gasteiger partial charge in [-0.2, -0.15) is 0 Å². The molecule has 2 nitrogen and oxygen atoms in total. The van der Waals surface area contributed by atoms with Gasteiger partial charge in [-0.15, -0.1) is 0 Å². The summed E-state index contributed by atoms with van der Waals surface area (Å²) in [5, 5.41) is 7.71. The summed E-state index contributed by atoms with van der Waals surface area (Å²) < 4.78 is 4.88. The first kappa shape index (κ1) is 26.7. The van der Waals surface area contributed by atoms with Gasteiger partial charge in [-0.05, 0) is 99.8 Å². The van der Waals surface area contributed by atoms with Crippen LogP contribution in [0.5, 0.6) is 0 Å². The maximum atomic E-state index is 2.44. The minimum absolute atomic E-state index is 0.959. The van der Waals surface area contributed by atoms with Crippen molar-refractivity contribution in [3.05, 3.63) is 181 Å². The van der Waals surface area contributed by atoms with Gasteiger partial charge in [0.05, 0.1) is 27.8 Å². The second kappa shape index (κ2) is 10.1. The second-order valence-electron chi connectivity index (χ2n) is 13.3. The quantitative estimate of drug-likeness (QED) is 0.186. The Morgan fingerprint density at radius 3 is 1.92 bits per heavy atom. The van der Waals surface area contributed by atoms with Crippen LogP contribution in [0, 0.1) is 0 Å². The molecule has 0 saturated carbocycles. The fourth-order valence-corrected chi connectivity index (χ4v) is 8.60. The van der Waals surface area contributed by atoms with Crippen LogP contribution in [0.4, 0.5) is 0 Å². The van der Waals surface area contributed by atoms with E-state index < -0.39 is 0 Å². The molecule has 11 rings (SSSR count). The van der Waals surface area contributed by atoms with Gasteiger partial charge in [0.2, 0.25) is 0 Å². The lowest BCUT2D eigenvalue weighted by atomic mass is 9.97. The first-order valence-corrected chi connectivity index (χ1v) is 17.1. The molecule has 2 heterocycles. The summed E-state index contributed by atoms with van der Waals surface area (Å²) in [6, 6.07) is 62.6. The Balaban J connectivity index is 1.16. The molecule has 228 valence electrons. The van der Waals surface area contributed by atoms with Crippen molar-refractivity contribution in [3.8, 4) is 33.6 Å². The van der Waals surface area contributed by atoms with Gasteiger partial charge in [0.1, 0.15) is 0 Å². The van der Waals surface area contributed by atoms with Crippen molar-refractivity contribution in [2.75, 3.05) is 0 Å². The van der Waals surface area contributed by atoms with Crippen LogP contribution >= 0.6 is 0 Å². The van der Waals surface area contributed by atoms with Gasteiger partial charge in [-0.1, -0.05) is 115 Å². The van der Waals surface area contributed by atoms with Crippen LogP contribution in [0.2, 0.25) is 0 Å². The maximum Gasteiger partial charge on any atom is 0.0544 e. The van der Waals surface area contributed by atoms with Crippen LogP contribution in [-0.2, 0) is 6.42 Å². The SMILES string of the molecule is c1ccc(-n2c3ccc(-c4ccc5c(c4)c4ccccc4n5-c4cccc5ccccc45)cc3c3c4c(ccc32)-c2ccccc2C4)cc1. The minimum atomic E-state index is 0.959. The van der Waals surface area contributed by atoms with Crippen molar-refractivity contribution in [1.82, 2.24) is 9.13 Å². The molecule has 0 unspecified atom stereocenters. The Kier molecular flexibility index (Phi) is 5.47. The second-order valence-corrected chi connectivity index (χ2v) is 13.3. The molecule has 0 radical (unpaired) electrons. The summed E-state index contributed by atoms with van der Waals surface area (Å²) in [7, 11) is 0. The molecule has 0 atom stereocenters. The number of hydrogen-bond acceptors (Lipinski definition) is 0. The highest BCUT2D eigenvalue weighted by Crippen LogP contribution is 2.45. The average molecular weight is 623 g/mol. The molecule has 49 heavy (non-hydrogen) atoms. The first-order chi connectivity index (χ1) is 24.3. The molecule has 1 aliphatic rings. The van der Waals surface area contributed by atoms with E-state index in [9.17, 15) is 0 Å². The van der Waals surface area contributed by atoms with Gasteiger partial charge in [0, 0.05) is 32.6 Å². The van der Waals surface area contributed by atoms with Crippen molar-refractivity contribution < 1.29 is 0 Å². The zero-order valence-corrected chi connectivity index (χ0v) is 26.8. The van der Waals surface area contributed by atoms with Gasteiger partial charge in [-0.25, -0.2) is 0 Å². The molecule has 10 aromatic rings. The van der Waals surface area contributed by atoms with Gasteiger partial charge in [0.15, 0.2) is 0 Å². The average Bonchev–Trinajstić information content (AvgIpc) is 3.82. The Morgan fingerprint density at radius 1 is 0.388 bits per heavy atom. The molecular weight excluding hydrogens is 593 g/mol. The van der Waals surface area contributed by atoms with E-state index in [0.29, 0.717) is 0 Å². The summed E-state index contributed by atoms with van der Waals surface area (Å²) in [5.41, 5.74) is 15.4. The van der Waals surface area contributed by atoms with E-state index in [0.717, 1.165) is 6.42 Å². The van der Waals surface area contributed by atoms with Crippen LogP contribution < -0.4 is 0 Å². The van der Waals surface area contributed by atoms with Crippen LogP contribution in [0.25, 0.3) is 88.0 Å². The third-order valence-electron chi connectivity index (χ3n) is 10.7. The fourth-order valence-electron chi connectivity index (χ4n) is 8.60. The van der Waals surface area contributed by atoms with Crippen LogP contribution in [0.15, 0.2) is 170 Å². The predicted molar refractivity (Wildman–Crippen MR) is 206 cm³/mol. The van der Waals surface area contributed by atoms with E-state index in [4.69, 9.17) is 0 Å². The molecule has 1 aliphatic carbocycles. The fraction of sp³-hybridized carbons (Fsp3) is 0.0213. The standard InChI is InChI=1S/C47H30N2/c1-2-14-34(15-3-1)48-45-25-22-32(28-41(45)47-40-29-33-12-5-6-16-35(33)37(40)23-26-46(47)48)31-21-24-44-39(27-31)38-18-8-9-19-43(38)49(44)42-20-10-13-30-11-4-7-17-36(30)42/h1-28H,29H2. The van der Waals surface area contributed by atoms with E-state index in [1.807, 2.05) is 0 Å². The van der Waals surface area contributed by atoms with Gasteiger partial charge >= 0.3 is 0 Å². The van der Waals surface area contributed by atoms with Gasteiger partial charge < -0.3 is 9.13 Å². The predicted octanol–water partition coefficient (Wildman–Crippen LogP) is 12.3. The van der Waals surface area contributed by atoms with Gasteiger partial charge in [-0.3, -0.25) is 0 Å². The summed E-state index contributed by atoms with van der Waals surface area (Å²) in [4.78, 5) is 0. The summed E-state index contributed by atoms with van der Waals surface area (Å²) in [6.45, 7) is 0. The molecule has 2 aromatic heterocycles. The highest BCUT2D eigenvalue weighted by Gasteiger charge is 2.24. The molecule has 0 bridgehead atoms. The smallest absolute Gasteiger partial charge is 0.0544 e. The molecule has 0 N–H and O–H groups in total. The number of benzene rings is 8. The molecule has 0 fully saturated rings. The largest absolute Gasteiger partial charge is 0.309 e. The maximum absolute atomic E-state index is 2.44. The summed E-state index contributed by atoms with van der Waals surface area (Å²) in [6.07, 6.45) is 0.959. The topological polar surface area (TPSA) is 9.86 Å². The van der Waals surface area contributed by atoms with E-state index in [2.05, 4.69) is 179 Å². The normalized spacial score (nSPS) is 12.4. The Labute approximate surface area is 283 Å². The first-order valence-electron chi connectivity index (χ1n) is 17.1. The van der Waals surface area contributed by atoms with E-state index in [1.54, 1.807) is 0 Å². The highest BCUT2D eigenvalue weighted by atomic mass is 15.0. The van der Waals surface area contributed by atoms with Crippen molar-refractivity contribution in [2.24, 2.45) is 0 Å². The molecule has 0 saturated heterocycles. The van der Waals surface area contributed by atoms with Gasteiger partial charge in [0.25, 0.3) is 0 Å². The Morgan fingerprint density at radius 2 is 1.04 bits per heavy atom. The monoisotopic (exact) mass is 622 g/mol. The molecular formula is C47H30N2. The minimum Gasteiger partial charge on any atom is -0.309 e. The zero-order valence-electron chi connectivity index (χ0n) is 26.8. The highest BCUT2D eigenvalue weighted by molar-refractivity contribution is 6.15. The van der Waals surface area contributed by atoms with Crippen molar-refractivity contribution in [2.45, 2.75) is 6.42 Å². The third-order valence-corrected chi connectivity index (χ3v) is 10.7. The Bertz CT molecular complexity index is 2950. The van der Waals surface area contributed by atoms with Crippen LogP contribution in [-0.4, -0.2) is 9.13 Å². The number of fused-ring (bicyclic) bond motifs is 11. The Hall–Kier alpha value is -6.38. The lowest BCUT2D eigenvalue weighted by Crippen LogP contribution is -1.95. The lowest BCUT2D eigenvalue weighted by Gasteiger charge is -2.12. The van der Waals surface area contributed by atoms with Crippen molar-refractivity contribution >= 4 is 54.4 Å². The molecule has 8 aromatic carbocycles. The lowest BCUT2D eigenvalue weighted by molar-refractivity contribution is 1.18.